The molecule has 136 valence electrons. The Kier molecular flexibility index (Phi) is 5.87. The molecule has 0 atom stereocenters. The predicted octanol–water partition coefficient (Wildman–Crippen LogP) is 3.07. The number of hydrogen-bond acceptors (Lipinski definition) is 6. The van der Waals surface area contributed by atoms with E-state index in [0.717, 1.165) is 4.88 Å². The predicted molar refractivity (Wildman–Crippen MR) is 99.0 cm³/mol. The normalized spacial score (nSPS) is 11.4. The molecule has 0 spiro atoms. The molecule has 0 aliphatic rings. The molecule has 0 aliphatic heterocycles. The van der Waals surface area contributed by atoms with E-state index in [1.165, 1.54) is 17.6 Å². The van der Waals surface area contributed by atoms with Crippen LogP contribution in [0.25, 0.3) is 0 Å². The average molecular weight is 391 g/mol. The van der Waals surface area contributed by atoms with Crippen molar-refractivity contribution in [1.29, 1.82) is 0 Å². The fourth-order valence-electron chi connectivity index (χ4n) is 2.16. The third kappa shape index (κ3) is 5.04. The van der Waals surface area contributed by atoms with Gasteiger partial charge in [0.25, 0.3) is 0 Å². The van der Waals surface area contributed by atoms with Gasteiger partial charge in [0.1, 0.15) is 12.4 Å². The Morgan fingerprint density at radius 3 is 2.62 bits per heavy atom. The summed E-state index contributed by atoms with van der Waals surface area (Å²) in [5.41, 5.74) is 0. The van der Waals surface area contributed by atoms with Crippen LogP contribution in [0.15, 0.2) is 65.3 Å². The summed E-state index contributed by atoms with van der Waals surface area (Å²) in [4.78, 5) is 13.4. The Labute approximate surface area is 155 Å². The second kappa shape index (κ2) is 8.31. The van der Waals surface area contributed by atoms with Gasteiger partial charge in [0.05, 0.1) is 16.9 Å². The SMILES string of the molecule is O=C(c1ccco1)c1ccc(CNS(=O)(=O)CCOc2ccccc2)s1. The van der Waals surface area contributed by atoms with Crippen LogP contribution in [0.5, 0.6) is 5.75 Å². The monoisotopic (exact) mass is 391 g/mol. The van der Waals surface area contributed by atoms with E-state index in [4.69, 9.17) is 9.15 Å². The number of furan rings is 1. The van der Waals surface area contributed by atoms with Crippen LogP contribution in [0.3, 0.4) is 0 Å². The fourth-order valence-corrected chi connectivity index (χ4v) is 3.97. The van der Waals surface area contributed by atoms with Gasteiger partial charge < -0.3 is 9.15 Å². The summed E-state index contributed by atoms with van der Waals surface area (Å²) in [5, 5.41) is 0. The topological polar surface area (TPSA) is 85.6 Å². The molecule has 8 heteroatoms. The molecule has 2 heterocycles. The molecule has 1 aromatic carbocycles. The number of sulfonamides is 1. The van der Waals surface area contributed by atoms with Crippen molar-refractivity contribution >= 4 is 27.1 Å². The average Bonchev–Trinajstić information content (AvgIpc) is 3.32. The number of ether oxygens (including phenoxy) is 1. The molecule has 6 nitrogen and oxygen atoms in total. The summed E-state index contributed by atoms with van der Waals surface area (Å²) >= 11 is 1.23. The van der Waals surface area contributed by atoms with Crippen LogP contribution in [0.4, 0.5) is 0 Å². The van der Waals surface area contributed by atoms with Crippen molar-refractivity contribution in [1.82, 2.24) is 4.72 Å². The number of rotatable bonds is 9. The lowest BCUT2D eigenvalue weighted by molar-refractivity contribution is 0.101. The van der Waals surface area contributed by atoms with Crippen LogP contribution in [-0.4, -0.2) is 26.6 Å². The first-order valence-electron chi connectivity index (χ1n) is 7.85. The van der Waals surface area contributed by atoms with Crippen LogP contribution >= 0.6 is 11.3 Å². The minimum absolute atomic E-state index is 0.0615. The number of carbonyl (C=O) groups is 1. The zero-order chi connectivity index (χ0) is 18.4. The van der Waals surface area contributed by atoms with Crippen molar-refractivity contribution in [3.05, 3.63) is 76.4 Å². The molecule has 3 rings (SSSR count). The van der Waals surface area contributed by atoms with Gasteiger partial charge in [-0.3, -0.25) is 4.79 Å². The van der Waals surface area contributed by atoms with E-state index in [0.29, 0.717) is 10.6 Å². The first-order chi connectivity index (χ1) is 12.5. The summed E-state index contributed by atoms with van der Waals surface area (Å²) < 4.78 is 37.1. The van der Waals surface area contributed by atoms with Crippen molar-refractivity contribution in [3.63, 3.8) is 0 Å². The zero-order valence-electron chi connectivity index (χ0n) is 13.8. The maximum absolute atomic E-state index is 12.2. The third-order valence-electron chi connectivity index (χ3n) is 3.46. The fraction of sp³-hybridized carbons (Fsp3) is 0.167. The van der Waals surface area contributed by atoms with Crippen molar-refractivity contribution in [2.45, 2.75) is 6.54 Å². The van der Waals surface area contributed by atoms with E-state index in [2.05, 4.69) is 4.72 Å². The quantitative estimate of drug-likeness (QED) is 0.567. The molecule has 2 aromatic heterocycles. The molecule has 1 N–H and O–H groups in total. The number of nitrogens with one attached hydrogen (secondary N) is 1. The Hall–Kier alpha value is -2.42. The van der Waals surface area contributed by atoms with Crippen molar-refractivity contribution < 1.29 is 22.4 Å². The van der Waals surface area contributed by atoms with E-state index in [1.807, 2.05) is 18.2 Å². The molecule has 0 amide bonds. The van der Waals surface area contributed by atoms with E-state index in [-0.39, 0.29) is 30.4 Å². The van der Waals surface area contributed by atoms with Gasteiger partial charge in [-0.1, -0.05) is 18.2 Å². The number of ketones is 1. The molecule has 0 bridgehead atoms. The van der Waals surface area contributed by atoms with Gasteiger partial charge >= 0.3 is 0 Å². The van der Waals surface area contributed by atoms with Gasteiger partial charge in [-0.05, 0) is 36.4 Å². The Bertz CT molecular complexity index is 947. The van der Waals surface area contributed by atoms with Gasteiger partial charge in [0, 0.05) is 11.4 Å². The standard InChI is InChI=1S/C18H17NO5S2/c20-18(16-7-4-10-24-16)17-9-8-15(25-17)13-19-26(21,22)12-11-23-14-5-2-1-3-6-14/h1-10,19H,11-13H2. The summed E-state index contributed by atoms with van der Waals surface area (Å²) in [6.07, 6.45) is 1.44. The number of thiophene rings is 1. The van der Waals surface area contributed by atoms with Gasteiger partial charge in [0.15, 0.2) is 5.76 Å². The van der Waals surface area contributed by atoms with Crippen LogP contribution in [0.1, 0.15) is 20.3 Å². The van der Waals surface area contributed by atoms with Crippen molar-refractivity contribution in [3.8, 4) is 5.75 Å². The maximum Gasteiger partial charge on any atom is 0.238 e. The molecular weight excluding hydrogens is 374 g/mol. The molecule has 0 saturated heterocycles. The van der Waals surface area contributed by atoms with Crippen LogP contribution in [0, 0.1) is 0 Å². The lowest BCUT2D eigenvalue weighted by atomic mass is 10.2. The maximum atomic E-state index is 12.2. The van der Waals surface area contributed by atoms with Crippen molar-refractivity contribution in [2.24, 2.45) is 0 Å². The molecule has 0 aliphatic carbocycles. The molecule has 3 aromatic rings. The highest BCUT2D eigenvalue weighted by Gasteiger charge is 2.16. The highest BCUT2D eigenvalue weighted by atomic mass is 32.2. The smallest absolute Gasteiger partial charge is 0.238 e. The molecule has 0 unspecified atom stereocenters. The summed E-state index contributed by atoms with van der Waals surface area (Å²) in [6.45, 7) is 0.190. The number of hydrogen-bond donors (Lipinski definition) is 1. The van der Waals surface area contributed by atoms with Crippen LogP contribution < -0.4 is 9.46 Å². The summed E-state index contributed by atoms with van der Waals surface area (Å²) in [5.74, 6) is 0.523. The second-order valence-corrected chi connectivity index (χ2v) is 8.47. The minimum atomic E-state index is -3.48. The minimum Gasteiger partial charge on any atom is -0.492 e. The van der Waals surface area contributed by atoms with Gasteiger partial charge in [-0.25, -0.2) is 13.1 Å². The number of benzene rings is 1. The van der Waals surface area contributed by atoms with Gasteiger partial charge in [-0.15, -0.1) is 11.3 Å². The second-order valence-electron chi connectivity index (χ2n) is 5.37. The highest BCUT2D eigenvalue weighted by molar-refractivity contribution is 7.89. The Balaban J connectivity index is 1.49. The number of carbonyl (C=O) groups excluding carboxylic acids is 1. The number of para-hydroxylation sites is 1. The highest BCUT2D eigenvalue weighted by Crippen LogP contribution is 2.20. The first kappa shape index (κ1) is 18.4. The Morgan fingerprint density at radius 1 is 1.08 bits per heavy atom. The summed E-state index contributed by atoms with van der Waals surface area (Å²) in [6, 6.07) is 15.7. The third-order valence-corrected chi connectivity index (χ3v) is 5.83. The van der Waals surface area contributed by atoms with E-state index >= 15 is 0 Å². The van der Waals surface area contributed by atoms with E-state index in [9.17, 15) is 13.2 Å². The van der Waals surface area contributed by atoms with Crippen LogP contribution in [0.2, 0.25) is 0 Å². The first-order valence-corrected chi connectivity index (χ1v) is 10.3. The van der Waals surface area contributed by atoms with Crippen molar-refractivity contribution in [2.75, 3.05) is 12.4 Å². The Morgan fingerprint density at radius 2 is 1.88 bits per heavy atom. The largest absolute Gasteiger partial charge is 0.492 e. The molecule has 0 fully saturated rings. The van der Waals surface area contributed by atoms with Gasteiger partial charge in [0.2, 0.25) is 15.8 Å². The molecule has 26 heavy (non-hydrogen) atoms. The van der Waals surface area contributed by atoms with E-state index < -0.39 is 10.0 Å². The molecule has 0 radical (unpaired) electrons. The van der Waals surface area contributed by atoms with Crippen LogP contribution in [-0.2, 0) is 16.6 Å². The lowest BCUT2D eigenvalue weighted by Gasteiger charge is -2.07. The van der Waals surface area contributed by atoms with Gasteiger partial charge in [-0.2, -0.15) is 0 Å². The molecule has 0 saturated carbocycles. The zero-order valence-corrected chi connectivity index (χ0v) is 15.4. The summed E-state index contributed by atoms with van der Waals surface area (Å²) in [7, 11) is -3.48. The lowest BCUT2D eigenvalue weighted by Crippen LogP contribution is -2.28. The molecular formula is C18H17NO5S2. The van der Waals surface area contributed by atoms with E-state index in [1.54, 1.807) is 36.4 Å².